The van der Waals surface area contributed by atoms with E-state index in [4.69, 9.17) is 4.74 Å². The molecule has 0 saturated carbocycles. The average molecular weight is 263 g/mol. The highest BCUT2D eigenvalue weighted by Gasteiger charge is 2.18. The molecular weight excluding hydrogens is 242 g/mol. The highest BCUT2D eigenvalue weighted by molar-refractivity contribution is 6.02. The standard InChI is InChI=1S/C15H21NO3/c1-5-11(6-2)14(17)16-13-8-7-10(3)9-12(13)15(18)19-4/h7-9,11H,5-6H2,1-4H3,(H,16,17). The minimum atomic E-state index is -0.441. The van der Waals surface area contributed by atoms with E-state index < -0.39 is 5.97 Å². The van der Waals surface area contributed by atoms with Crippen molar-refractivity contribution in [1.82, 2.24) is 0 Å². The van der Waals surface area contributed by atoms with E-state index in [0.29, 0.717) is 11.3 Å². The topological polar surface area (TPSA) is 55.4 Å². The second kappa shape index (κ2) is 6.92. The van der Waals surface area contributed by atoms with E-state index in [9.17, 15) is 9.59 Å². The number of benzene rings is 1. The van der Waals surface area contributed by atoms with Gasteiger partial charge in [-0.25, -0.2) is 4.79 Å². The average Bonchev–Trinajstić information content (AvgIpc) is 2.41. The second-order valence-electron chi connectivity index (χ2n) is 4.54. The first-order valence-electron chi connectivity index (χ1n) is 6.53. The van der Waals surface area contributed by atoms with Crippen LogP contribution < -0.4 is 5.32 Å². The molecule has 19 heavy (non-hydrogen) atoms. The zero-order valence-corrected chi connectivity index (χ0v) is 11.9. The largest absolute Gasteiger partial charge is 0.465 e. The summed E-state index contributed by atoms with van der Waals surface area (Å²) < 4.78 is 4.74. The molecule has 0 saturated heterocycles. The SMILES string of the molecule is CCC(CC)C(=O)Nc1ccc(C)cc1C(=O)OC. The maximum atomic E-state index is 12.1. The molecule has 104 valence electrons. The van der Waals surface area contributed by atoms with Crippen LogP contribution in [0.25, 0.3) is 0 Å². The third-order valence-corrected chi connectivity index (χ3v) is 3.19. The van der Waals surface area contributed by atoms with Gasteiger partial charge in [0.05, 0.1) is 18.4 Å². The summed E-state index contributed by atoms with van der Waals surface area (Å²) in [7, 11) is 1.33. The van der Waals surface area contributed by atoms with Crippen LogP contribution in [0.4, 0.5) is 5.69 Å². The van der Waals surface area contributed by atoms with E-state index in [-0.39, 0.29) is 11.8 Å². The van der Waals surface area contributed by atoms with Gasteiger partial charge >= 0.3 is 5.97 Å². The van der Waals surface area contributed by atoms with Crippen molar-refractivity contribution < 1.29 is 14.3 Å². The summed E-state index contributed by atoms with van der Waals surface area (Å²) in [6.07, 6.45) is 1.56. The Morgan fingerprint density at radius 2 is 1.89 bits per heavy atom. The molecule has 4 nitrogen and oxygen atoms in total. The molecule has 0 aliphatic rings. The Hall–Kier alpha value is -1.84. The predicted molar refractivity (Wildman–Crippen MR) is 75.2 cm³/mol. The lowest BCUT2D eigenvalue weighted by Crippen LogP contribution is -2.23. The van der Waals surface area contributed by atoms with Crippen LogP contribution in [0.15, 0.2) is 18.2 Å². The van der Waals surface area contributed by atoms with E-state index >= 15 is 0 Å². The molecule has 0 atom stereocenters. The van der Waals surface area contributed by atoms with Gasteiger partial charge < -0.3 is 10.1 Å². The predicted octanol–water partition coefficient (Wildman–Crippen LogP) is 3.16. The van der Waals surface area contributed by atoms with Gasteiger partial charge in [0.25, 0.3) is 0 Å². The van der Waals surface area contributed by atoms with Gasteiger partial charge in [0.1, 0.15) is 0 Å². The molecule has 0 fully saturated rings. The van der Waals surface area contributed by atoms with Crippen LogP contribution >= 0.6 is 0 Å². The molecule has 1 aromatic rings. The van der Waals surface area contributed by atoms with Crippen LogP contribution in [-0.4, -0.2) is 19.0 Å². The maximum absolute atomic E-state index is 12.1. The Kier molecular flexibility index (Phi) is 5.55. The van der Waals surface area contributed by atoms with Crippen molar-refractivity contribution in [3.8, 4) is 0 Å². The Bertz CT molecular complexity index is 464. The third-order valence-electron chi connectivity index (χ3n) is 3.19. The monoisotopic (exact) mass is 263 g/mol. The summed E-state index contributed by atoms with van der Waals surface area (Å²) >= 11 is 0. The maximum Gasteiger partial charge on any atom is 0.339 e. The molecule has 1 rings (SSSR count). The molecular formula is C15H21NO3. The summed E-state index contributed by atoms with van der Waals surface area (Å²) in [6, 6.07) is 5.31. The molecule has 0 radical (unpaired) electrons. The van der Waals surface area contributed by atoms with Gasteiger partial charge in [0.2, 0.25) is 5.91 Å². The molecule has 0 aliphatic carbocycles. The summed E-state index contributed by atoms with van der Waals surface area (Å²) in [5.41, 5.74) is 1.84. The van der Waals surface area contributed by atoms with Crippen molar-refractivity contribution in [2.24, 2.45) is 5.92 Å². The van der Waals surface area contributed by atoms with E-state index in [1.165, 1.54) is 7.11 Å². The van der Waals surface area contributed by atoms with Crippen molar-refractivity contribution in [3.63, 3.8) is 0 Å². The number of anilines is 1. The van der Waals surface area contributed by atoms with E-state index in [0.717, 1.165) is 18.4 Å². The Morgan fingerprint density at radius 1 is 1.26 bits per heavy atom. The van der Waals surface area contributed by atoms with Gasteiger partial charge in [0.15, 0.2) is 0 Å². The molecule has 0 aliphatic heterocycles. The van der Waals surface area contributed by atoms with Gasteiger partial charge in [-0.3, -0.25) is 4.79 Å². The fourth-order valence-electron chi connectivity index (χ4n) is 1.94. The number of hydrogen-bond acceptors (Lipinski definition) is 3. The number of carbonyl (C=O) groups excluding carboxylic acids is 2. The number of hydrogen-bond donors (Lipinski definition) is 1. The molecule has 1 aromatic carbocycles. The fraction of sp³-hybridized carbons (Fsp3) is 0.467. The van der Waals surface area contributed by atoms with Crippen molar-refractivity contribution in [1.29, 1.82) is 0 Å². The molecule has 4 heteroatoms. The van der Waals surface area contributed by atoms with Crippen LogP contribution in [-0.2, 0) is 9.53 Å². The van der Waals surface area contributed by atoms with Crippen LogP contribution in [0.2, 0.25) is 0 Å². The van der Waals surface area contributed by atoms with Crippen molar-refractivity contribution in [3.05, 3.63) is 29.3 Å². The van der Waals surface area contributed by atoms with Crippen LogP contribution in [0, 0.1) is 12.8 Å². The van der Waals surface area contributed by atoms with E-state index in [1.54, 1.807) is 12.1 Å². The lowest BCUT2D eigenvalue weighted by Gasteiger charge is -2.15. The van der Waals surface area contributed by atoms with Gasteiger partial charge in [-0.1, -0.05) is 25.5 Å². The molecule has 1 N–H and O–H groups in total. The van der Waals surface area contributed by atoms with Gasteiger partial charge in [-0.05, 0) is 31.9 Å². The normalized spacial score (nSPS) is 10.4. The number of esters is 1. The number of nitrogens with one attached hydrogen (secondary N) is 1. The number of aryl methyl sites for hydroxylation is 1. The fourth-order valence-corrected chi connectivity index (χ4v) is 1.94. The number of amides is 1. The first-order valence-corrected chi connectivity index (χ1v) is 6.53. The minimum Gasteiger partial charge on any atom is -0.465 e. The minimum absolute atomic E-state index is 0.0354. The Morgan fingerprint density at radius 3 is 2.42 bits per heavy atom. The number of ether oxygens (including phenoxy) is 1. The first kappa shape index (κ1) is 15.2. The zero-order chi connectivity index (χ0) is 14.4. The van der Waals surface area contributed by atoms with Crippen LogP contribution in [0.3, 0.4) is 0 Å². The smallest absolute Gasteiger partial charge is 0.339 e. The molecule has 1 amide bonds. The zero-order valence-electron chi connectivity index (χ0n) is 11.9. The number of methoxy groups -OCH3 is 1. The van der Waals surface area contributed by atoms with E-state index in [2.05, 4.69) is 5.32 Å². The van der Waals surface area contributed by atoms with Gasteiger partial charge in [-0.15, -0.1) is 0 Å². The quantitative estimate of drug-likeness (QED) is 0.830. The highest BCUT2D eigenvalue weighted by atomic mass is 16.5. The lowest BCUT2D eigenvalue weighted by molar-refractivity contribution is -0.120. The highest BCUT2D eigenvalue weighted by Crippen LogP contribution is 2.20. The number of carbonyl (C=O) groups is 2. The van der Waals surface area contributed by atoms with E-state index in [1.807, 2.05) is 26.8 Å². The molecule has 0 aromatic heterocycles. The van der Waals surface area contributed by atoms with Crippen LogP contribution in [0.5, 0.6) is 0 Å². The number of rotatable bonds is 5. The molecule has 0 heterocycles. The Labute approximate surface area is 114 Å². The Balaban J connectivity index is 3.00. The van der Waals surface area contributed by atoms with Gasteiger partial charge in [-0.2, -0.15) is 0 Å². The van der Waals surface area contributed by atoms with Gasteiger partial charge in [0, 0.05) is 5.92 Å². The summed E-state index contributed by atoms with van der Waals surface area (Å²) in [5.74, 6) is -0.533. The molecule has 0 bridgehead atoms. The lowest BCUT2D eigenvalue weighted by atomic mass is 10.0. The second-order valence-corrected chi connectivity index (χ2v) is 4.54. The van der Waals surface area contributed by atoms with Crippen molar-refractivity contribution >= 4 is 17.6 Å². The van der Waals surface area contributed by atoms with Crippen molar-refractivity contribution in [2.45, 2.75) is 33.6 Å². The third kappa shape index (κ3) is 3.81. The van der Waals surface area contributed by atoms with Crippen molar-refractivity contribution in [2.75, 3.05) is 12.4 Å². The first-order chi connectivity index (χ1) is 9.03. The summed E-state index contributed by atoms with van der Waals surface area (Å²) in [6.45, 7) is 5.84. The summed E-state index contributed by atoms with van der Waals surface area (Å²) in [4.78, 5) is 23.8. The van der Waals surface area contributed by atoms with Crippen LogP contribution in [0.1, 0.15) is 42.6 Å². The summed E-state index contributed by atoms with van der Waals surface area (Å²) in [5, 5.41) is 2.82. The molecule has 0 unspecified atom stereocenters. The molecule has 0 spiro atoms.